The lowest BCUT2D eigenvalue weighted by atomic mass is 9.91. The molecular formula is C20H33N3O3. The summed E-state index contributed by atoms with van der Waals surface area (Å²) in [6.07, 6.45) is 9.00. The van der Waals surface area contributed by atoms with Gasteiger partial charge in [0.15, 0.2) is 0 Å². The van der Waals surface area contributed by atoms with Gasteiger partial charge in [0.1, 0.15) is 11.4 Å². The van der Waals surface area contributed by atoms with Gasteiger partial charge in [-0.2, -0.15) is 0 Å². The van der Waals surface area contributed by atoms with Gasteiger partial charge in [-0.05, 0) is 37.8 Å². The van der Waals surface area contributed by atoms with Gasteiger partial charge in [0, 0.05) is 37.4 Å². The molecule has 1 heterocycles. The van der Waals surface area contributed by atoms with E-state index in [1.54, 1.807) is 12.3 Å². The number of aryl methyl sites for hydroxylation is 1. The lowest BCUT2D eigenvalue weighted by molar-refractivity contribution is 0.0601. The molecule has 6 heteroatoms. The van der Waals surface area contributed by atoms with Crippen molar-refractivity contribution in [2.45, 2.75) is 64.5 Å². The number of aliphatic hydroxyl groups excluding tert-OH is 1. The van der Waals surface area contributed by atoms with Gasteiger partial charge in [0.2, 0.25) is 0 Å². The first-order valence-corrected chi connectivity index (χ1v) is 9.74. The van der Waals surface area contributed by atoms with Gasteiger partial charge in [-0.25, -0.2) is 9.78 Å². The predicted octanol–water partition coefficient (Wildman–Crippen LogP) is 2.90. The Balaban J connectivity index is 2.01. The fourth-order valence-electron chi connectivity index (χ4n) is 3.70. The lowest BCUT2D eigenvalue weighted by Crippen LogP contribution is -2.46. The van der Waals surface area contributed by atoms with Crippen molar-refractivity contribution in [2.24, 2.45) is 5.92 Å². The molecular weight excluding hydrogens is 330 g/mol. The number of carbonyl (C=O) groups excluding carboxylic acids is 1. The van der Waals surface area contributed by atoms with Crippen LogP contribution in [0.3, 0.4) is 0 Å². The van der Waals surface area contributed by atoms with Crippen molar-refractivity contribution in [3.05, 3.63) is 23.4 Å². The van der Waals surface area contributed by atoms with Crippen molar-refractivity contribution < 1.29 is 14.6 Å². The van der Waals surface area contributed by atoms with Gasteiger partial charge in [-0.1, -0.05) is 26.2 Å². The average molecular weight is 364 g/mol. The van der Waals surface area contributed by atoms with Crippen LogP contribution in [-0.2, 0) is 4.74 Å². The Morgan fingerprint density at radius 2 is 2.12 bits per heavy atom. The molecule has 0 saturated heterocycles. The molecule has 2 rings (SSSR count). The predicted molar refractivity (Wildman–Crippen MR) is 103 cm³/mol. The maximum atomic E-state index is 12.0. The number of nitrogens with one attached hydrogen (secondary N) is 2. The molecule has 3 N–H and O–H groups in total. The van der Waals surface area contributed by atoms with Crippen LogP contribution in [0.25, 0.3) is 0 Å². The molecule has 0 amide bonds. The summed E-state index contributed by atoms with van der Waals surface area (Å²) in [6.45, 7) is 4.67. The smallest absolute Gasteiger partial charge is 0.341 e. The van der Waals surface area contributed by atoms with E-state index in [9.17, 15) is 9.90 Å². The number of pyridine rings is 1. The van der Waals surface area contributed by atoms with E-state index in [1.165, 1.54) is 39.2 Å². The van der Waals surface area contributed by atoms with Gasteiger partial charge in [-0.3, -0.25) is 0 Å². The molecule has 0 bridgehead atoms. The molecule has 1 aliphatic rings. The number of carbonyl (C=O) groups is 1. The van der Waals surface area contributed by atoms with Crippen molar-refractivity contribution in [2.75, 3.05) is 25.6 Å². The maximum absolute atomic E-state index is 12.0. The van der Waals surface area contributed by atoms with E-state index in [1.807, 2.05) is 6.92 Å². The number of rotatable bonds is 9. The van der Waals surface area contributed by atoms with E-state index in [0.717, 1.165) is 12.0 Å². The average Bonchev–Trinajstić information content (AvgIpc) is 2.68. The maximum Gasteiger partial charge on any atom is 0.341 e. The summed E-state index contributed by atoms with van der Waals surface area (Å²) >= 11 is 0. The van der Waals surface area contributed by atoms with E-state index in [2.05, 4.69) is 22.5 Å². The Labute approximate surface area is 156 Å². The number of aliphatic hydroxyl groups is 1. The molecule has 1 aromatic heterocycles. The highest BCUT2D eigenvalue weighted by atomic mass is 16.5. The van der Waals surface area contributed by atoms with Crippen LogP contribution < -0.4 is 10.6 Å². The van der Waals surface area contributed by atoms with E-state index in [4.69, 9.17) is 4.74 Å². The van der Waals surface area contributed by atoms with Crippen LogP contribution in [-0.4, -0.2) is 48.4 Å². The third-order valence-corrected chi connectivity index (χ3v) is 5.26. The number of ether oxygens (including phenoxy) is 1. The second kappa shape index (κ2) is 10.5. The molecule has 26 heavy (non-hydrogen) atoms. The second-order valence-electron chi connectivity index (χ2n) is 7.24. The van der Waals surface area contributed by atoms with E-state index < -0.39 is 5.97 Å². The van der Waals surface area contributed by atoms with E-state index in [-0.39, 0.29) is 18.6 Å². The topological polar surface area (TPSA) is 83.5 Å². The Kier molecular flexibility index (Phi) is 8.32. The zero-order valence-corrected chi connectivity index (χ0v) is 16.3. The number of methoxy groups -OCH3 is 1. The molecule has 1 aliphatic carbocycles. The Morgan fingerprint density at radius 1 is 1.38 bits per heavy atom. The molecule has 1 fully saturated rings. The highest BCUT2D eigenvalue weighted by Crippen LogP contribution is 2.21. The molecule has 0 aromatic carbocycles. The second-order valence-corrected chi connectivity index (χ2v) is 7.24. The summed E-state index contributed by atoms with van der Waals surface area (Å²) in [4.78, 5) is 16.3. The van der Waals surface area contributed by atoms with Gasteiger partial charge >= 0.3 is 5.97 Å². The number of nitrogens with zero attached hydrogens (tertiary/aromatic N) is 1. The number of aromatic nitrogens is 1. The first-order valence-electron chi connectivity index (χ1n) is 9.74. The van der Waals surface area contributed by atoms with Gasteiger partial charge in [-0.15, -0.1) is 0 Å². The van der Waals surface area contributed by atoms with Gasteiger partial charge < -0.3 is 20.5 Å². The van der Waals surface area contributed by atoms with Crippen LogP contribution >= 0.6 is 0 Å². The van der Waals surface area contributed by atoms with Crippen molar-refractivity contribution in [1.82, 2.24) is 10.3 Å². The third-order valence-electron chi connectivity index (χ3n) is 5.26. The summed E-state index contributed by atoms with van der Waals surface area (Å²) in [6, 6.07) is 2.56. The van der Waals surface area contributed by atoms with Crippen LogP contribution in [0.5, 0.6) is 0 Å². The number of hydrogen-bond donors (Lipinski definition) is 3. The normalized spacial score (nSPS) is 17.5. The lowest BCUT2D eigenvalue weighted by Gasteiger charge is -2.32. The molecule has 6 nitrogen and oxygen atoms in total. The quantitative estimate of drug-likeness (QED) is 0.585. The Hall–Kier alpha value is -1.66. The molecule has 1 saturated carbocycles. The fraction of sp³-hybridized carbons (Fsp3) is 0.700. The summed E-state index contributed by atoms with van der Waals surface area (Å²) in [5.41, 5.74) is 1.33. The third kappa shape index (κ3) is 5.68. The summed E-state index contributed by atoms with van der Waals surface area (Å²) < 4.78 is 4.85. The van der Waals surface area contributed by atoms with E-state index >= 15 is 0 Å². The van der Waals surface area contributed by atoms with Crippen LogP contribution in [0.15, 0.2) is 12.3 Å². The largest absolute Gasteiger partial charge is 0.465 e. The molecule has 146 valence electrons. The standard InChI is InChI=1S/C20H33N3O3/c1-4-18(23-16-8-6-5-7-9-16)15(13-24)12-22-19-17(20(25)26-3)10-14(2)11-21-19/h10-11,15-16,18,23-24H,4-9,12-13H2,1-3H3,(H,21,22). The van der Waals surface area contributed by atoms with Crippen LogP contribution in [0.4, 0.5) is 5.82 Å². The highest BCUT2D eigenvalue weighted by molar-refractivity contribution is 5.94. The van der Waals surface area contributed by atoms with Crippen LogP contribution in [0, 0.1) is 12.8 Å². The monoisotopic (exact) mass is 363 g/mol. The first-order chi connectivity index (χ1) is 12.6. The number of hydrogen-bond acceptors (Lipinski definition) is 6. The van der Waals surface area contributed by atoms with Crippen LogP contribution in [0.2, 0.25) is 0 Å². The minimum Gasteiger partial charge on any atom is -0.465 e. The molecule has 0 aliphatic heterocycles. The SMILES string of the molecule is CCC(NC1CCCCC1)C(CO)CNc1ncc(C)cc1C(=O)OC. The first kappa shape index (κ1) is 20.6. The summed E-state index contributed by atoms with van der Waals surface area (Å²) in [7, 11) is 1.37. The van der Waals surface area contributed by atoms with E-state index in [0.29, 0.717) is 24.0 Å². The molecule has 2 atom stereocenters. The van der Waals surface area contributed by atoms with Gasteiger partial charge in [0.05, 0.1) is 7.11 Å². The molecule has 1 aromatic rings. The number of anilines is 1. The summed E-state index contributed by atoms with van der Waals surface area (Å²) in [5, 5.41) is 16.9. The fourth-order valence-corrected chi connectivity index (χ4v) is 3.70. The molecule has 2 unspecified atom stereocenters. The Morgan fingerprint density at radius 3 is 2.73 bits per heavy atom. The van der Waals surface area contributed by atoms with Crippen molar-refractivity contribution in [1.29, 1.82) is 0 Å². The number of esters is 1. The van der Waals surface area contributed by atoms with Gasteiger partial charge in [0.25, 0.3) is 0 Å². The van der Waals surface area contributed by atoms with Crippen LogP contribution in [0.1, 0.15) is 61.4 Å². The van der Waals surface area contributed by atoms with Crippen molar-refractivity contribution in [3.63, 3.8) is 0 Å². The minimum absolute atomic E-state index is 0.0514. The summed E-state index contributed by atoms with van der Waals surface area (Å²) in [5.74, 6) is 0.153. The Bertz CT molecular complexity index is 573. The molecule has 0 radical (unpaired) electrons. The zero-order valence-electron chi connectivity index (χ0n) is 16.3. The molecule has 0 spiro atoms. The van der Waals surface area contributed by atoms with Crippen molar-refractivity contribution in [3.8, 4) is 0 Å². The zero-order chi connectivity index (χ0) is 18.9. The van der Waals surface area contributed by atoms with Crippen molar-refractivity contribution >= 4 is 11.8 Å². The highest BCUT2D eigenvalue weighted by Gasteiger charge is 2.24. The minimum atomic E-state index is -0.406.